The first-order chi connectivity index (χ1) is 12.3. The Hall–Kier alpha value is -3.33. The van der Waals surface area contributed by atoms with Crippen LogP contribution in [0.5, 0.6) is 0 Å². The molecule has 0 unspecified atom stereocenters. The Morgan fingerprint density at radius 2 is 2.12 bits per heavy atom. The number of hydrogen-bond donors (Lipinski definition) is 0. The number of hydrogen-bond acceptors (Lipinski definition) is 8. The number of rotatable bonds is 5. The minimum atomic E-state index is -0.468. The monoisotopic (exact) mass is 353 g/mol. The van der Waals surface area contributed by atoms with Crippen LogP contribution in [0.2, 0.25) is 0 Å². The van der Waals surface area contributed by atoms with Gasteiger partial charge in [0.1, 0.15) is 29.8 Å². The Labute approximate surface area is 145 Å². The number of carbonyl (C=O) groups excluding carboxylic acids is 1. The van der Waals surface area contributed by atoms with Crippen LogP contribution in [0.4, 0.5) is 0 Å². The topological polar surface area (TPSA) is 95.9 Å². The average Bonchev–Trinajstić information content (AvgIpc) is 3.41. The number of aromatic nitrogens is 5. The summed E-state index contributed by atoms with van der Waals surface area (Å²) in [5.74, 6) is 0.0157. The van der Waals surface area contributed by atoms with E-state index in [1.165, 1.54) is 28.6 Å². The van der Waals surface area contributed by atoms with Gasteiger partial charge in [0.15, 0.2) is 0 Å². The zero-order chi connectivity index (χ0) is 17.1. The summed E-state index contributed by atoms with van der Waals surface area (Å²) >= 11 is 1.26. The van der Waals surface area contributed by atoms with Crippen molar-refractivity contribution in [2.75, 3.05) is 0 Å². The van der Waals surface area contributed by atoms with Crippen LogP contribution in [0.15, 0.2) is 58.8 Å². The molecule has 0 saturated heterocycles. The molecule has 25 heavy (non-hydrogen) atoms. The van der Waals surface area contributed by atoms with E-state index in [0.29, 0.717) is 22.1 Å². The fraction of sp³-hybridized carbons (Fsp3) is 0.0625. The van der Waals surface area contributed by atoms with Gasteiger partial charge in [0, 0.05) is 5.56 Å². The Morgan fingerprint density at radius 3 is 2.92 bits per heavy atom. The largest absolute Gasteiger partial charge is 0.455 e. The first-order valence-corrected chi connectivity index (χ1v) is 8.17. The highest BCUT2D eigenvalue weighted by Gasteiger charge is 2.18. The Kier molecular flexibility index (Phi) is 4.05. The molecule has 0 aliphatic heterocycles. The van der Waals surface area contributed by atoms with Gasteiger partial charge in [-0.3, -0.25) is 0 Å². The van der Waals surface area contributed by atoms with Crippen molar-refractivity contribution in [2.45, 2.75) is 6.61 Å². The van der Waals surface area contributed by atoms with Crippen molar-refractivity contribution in [2.24, 2.45) is 0 Å². The molecule has 3 aromatic heterocycles. The summed E-state index contributed by atoms with van der Waals surface area (Å²) in [5, 5.41) is 12.7. The molecule has 0 amide bonds. The van der Waals surface area contributed by atoms with E-state index >= 15 is 0 Å². The van der Waals surface area contributed by atoms with E-state index in [2.05, 4.69) is 20.5 Å². The van der Waals surface area contributed by atoms with Crippen molar-refractivity contribution in [1.82, 2.24) is 25.2 Å². The third kappa shape index (κ3) is 3.17. The lowest BCUT2D eigenvalue weighted by atomic mass is 10.2. The number of carbonyl (C=O) groups is 1. The number of esters is 1. The summed E-state index contributed by atoms with van der Waals surface area (Å²) in [4.78, 5) is 17.1. The quantitative estimate of drug-likeness (QED) is 0.509. The van der Waals surface area contributed by atoms with Crippen LogP contribution in [0.25, 0.3) is 17.1 Å². The fourth-order valence-corrected chi connectivity index (χ4v) is 2.97. The van der Waals surface area contributed by atoms with Crippen molar-refractivity contribution in [1.29, 1.82) is 0 Å². The number of oxazole rings is 1. The van der Waals surface area contributed by atoms with Gasteiger partial charge in [0.2, 0.25) is 5.89 Å². The number of nitrogens with zero attached hydrogens (tertiary/aromatic N) is 5. The van der Waals surface area contributed by atoms with Crippen molar-refractivity contribution >= 4 is 17.3 Å². The third-order valence-corrected chi connectivity index (χ3v) is 4.23. The van der Waals surface area contributed by atoms with Gasteiger partial charge in [-0.05, 0) is 34.0 Å². The zero-order valence-corrected chi connectivity index (χ0v) is 13.6. The number of benzene rings is 1. The first-order valence-electron chi connectivity index (χ1n) is 7.29. The van der Waals surface area contributed by atoms with E-state index in [1.807, 2.05) is 30.3 Å². The Bertz CT molecular complexity index is 978. The number of ether oxygens (including phenoxy) is 1. The van der Waals surface area contributed by atoms with Crippen LogP contribution in [-0.4, -0.2) is 31.2 Å². The summed E-state index contributed by atoms with van der Waals surface area (Å²) in [6, 6.07) is 11.3. The molecule has 0 radical (unpaired) electrons. The van der Waals surface area contributed by atoms with E-state index in [4.69, 9.17) is 9.15 Å². The van der Waals surface area contributed by atoms with Crippen LogP contribution >= 0.6 is 11.3 Å². The lowest BCUT2D eigenvalue weighted by molar-refractivity contribution is 0.0473. The summed E-state index contributed by atoms with van der Waals surface area (Å²) in [7, 11) is 0. The predicted molar refractivity (Wildman–Crippen MR) is 88.1 cm³/mol. The van der Waals surface area contributed by atoms with Crippen LogP contribution in [0.3, 0.4) is 0 Å². The summed E-state index contributed by atoms with van der Waals surface area (Å²) in [5.41, 5.74) is 1.97. The van der Waals surface area contributed by atoms with Crippen LogP contribution in [-0.2, 0) is 11.3 Å². The maximum absolute atomic E-state index is 12.3. The maximum atomic E-state index is 12.3. The normalized spacial score (nSPS) is 10.7. The van der Waals surface area contributed by atoms with Crippen LogP contribution < -0.4 is 0 Å². The molecule has 0 atom stereocenters. The molecule has 0 spiro atoms. The molecule has 0 N–H and O–H groups in total. The molecule has 4 aromatic rings. The second-order valence-electron chi connectivity index (χ2n) is 4.98. The lowest BCUT2D eigenvalue weighted by Gasteiger charge is -2.03. The molecule has 0 aliphatic carbocycles. The van der Waals surface area contributed by atoms with Crippen LogP contribution in [0, 0.1) is 0 Å². The van der Waals surface area contributed by atoms with E-state index in [0.717, 1.165) is 5.56 Å². The molecule has 0 fully saturated rings. The second kappa shape index (κ2) is 6.65. The second-order valence-corrected chi connectivity index (χ2v) is 5.89. The van der Waals surface area contributed by atoms with Gasteiger partial charge < -0.3 is 9.15 Å². The molecule has 0 saturated carbocycles. The lowest BCUT2D eigenvalue weighted by Crippen LogP contribution is -2.07. The van der Waals surface area contributed by atoms with Gasteiger partial charge in [-0.15, -0.1) is 16.4 Å². The third-order valence-electron chi connectivity index (χ3n) is 3.35. The van der Waals surface area contributed by atoms with E-state index in [-0.39, 0.29) is 6.61 Å². The SMILES string of the molecule is O=C(OCc1coc(-c2ccccc2)n1)c1sccc1-n1cnnn1. The smallest absolute Gasteiger partial charge is 0.350 e. The van der Waals surface area contributed by atoms with Crippen LogP contribution in [0.1, 0.15) is 15.4 Å². The van der Waals surface area contributed by atoms with Crippen molar-refractivity contribution in [3.8, 4) is 17.1 Å². The Morgan fingerprint density at radius 1 is 1.24 bits per heavy atom. The molecule has 4 rings (SSSR count). The highest BCUT2D eigenvalue weighted by molar-refractivity contribution is 7.12. The molecule has 0 aliphatic rings. The Balaban J connectivity index is 1.45. The average molecular weight is 353 g/mol. The van der Waals surface area contributed by atoms with Gasteiger partial charge in [-0.2, -0.15) is 4.68 Å². The maximum Gasteiger partial charge on any atom is 0.350 e. The van der Waals surface area contributed by atoms with E-state index < -0.39 is 5.97 Å². The summed E-state index contributed by atoms with van der Waals surface area (Å²) in [6.07, 6.45) is 2.90. The van der Waals surface area contributed by atoms with E-state index in [9.17, 15) is 4.79 Å². The van der Waals surface area contributed by atoms with Crippen molar-refractivity contribution in [3.05, 3.63) is 64.9 Å². The van der Waals surface area contributed by atoms with Crippen molar-refractivity contribution < 1.29 is 13.9 Å². The fourth-order valence-electron chi connectivity index (χ4n) is 2.20. The molecule has 0 bridgehead atoms. The molecule has 3 heterocycles. The van der Waals surface area contributed by atoms with Gasteiger partial charge in [0.25, 0.3) is 0 Å². The summed E-state index contributed by atoms with van der Waals surface area (Å²) < 4.78 is 12.2. The van der Waals surface area contributed by atoms with Gasteiger partial charge in [0.05, 0.1) is 5.69 Å². The molecule has 9 heteroatoms. The van der Waals surface area contributed by atoms with Crippen molar-refractivity contribution in [3.63, 3.8) is 0 Å². The number of thiophene rings is 1. The minimum absolute atomic E-state index is 0.0160. The summed E-state index contributed by atoms with van der Waals surface area (Å²) in [6.45, 7) is 0.0160. The van der Waals surface area contributed by atoms with Gasteiger partial charge >= 0.3 is 5.97 Å². The highest BCUT2D eigenvalue weighted by Crippen LogP contribution is 2.22. The molecular weight excluding hydrogens is 342 g/mol. The molecule has 8 nitrogen and oxygen atoms in total. The van der Waals surface area contributed by atoms with Gasteiger partial charge in [-0.25, -0.2) is 9.78 Å². The highest BCUT2D eigenvalue weighted by atomic mass is 32.1. The molecule has 124 valence electrons. The van der Waals surface area contributed by atoms with E-state index in [1.54, 1.807) is 11.4 Å². The standard InChI is InChI=1S/C16H11N5O3S/c22-16(14-13(6-7-25-14)21-10-17-19-20-21)24-9-12-8-23-15(18-12)11-4-2-1-3-5-11/h1-8,10H,9H2. The molecule has 1 aromatic carbocycles. The predicted octanol–water partition coefficient (Wildman–Crippen LogP) is 2.74. The number of tetrazole rings is 1. The minimum Gasteiger partial charge on any atom is -0.455 e. The van der Waals surface area contributed by atoms with Gasteiger partial charge in [-0.1, -0.05) is 18.2 Å². The zero-order valence-electron chi connectivity index (χ0n) is 12.8. The first kappa shape index (κ1) is 15.2. The molecular formula is C16H11N5O3S.